The second-order valence-corrected chi connectivity index (χ2v) is 8.01. The predicted molar refractivity (Wildman–Crippen MR) is 114 cm³/mol. The second-order valence-electron chi connectivity index (χ2n) is 6.25. The van der Waals surface area contributed by atoms with E-state index >= 15 is 0 Å². The molecular weight excluding hydrogens is 433 g/mol. The van der Waals surface area contributed by atoms with Crippen molar-refractivity contribution in [1.29, 1.82) is 0 Å². The number of ether oxygens (including phenoxy) is 1. The first-order valence-electron chi connectivity index (χ1n) is 8.66. The van der Waals surface area contributed by atoms with E-state index in [1.807, 2.05) is 30.3 Å². The molecule has 1 aromatic heterocycles. The van der Waals surface area contributed by atoms with E-state index in [4.69, 9.17) is 27.9 Å². The number of hydrogen-bond donors (Lipinski definition) is 0. The number of hydrogen-bond acceptors (Lipinski definition) is 6. The first-order valence-corrected chi connectivity index (χ1v) is 10.4. The molecule has 0 unspecified atom stereocenters. The van der Waals surface area contributed by atoms with E-state index < -0.39 is 0 Å². The van der Waals surface area contributed by atoms with E-state index in [2.05, 4.69) is 15.5 Å². The van der Waals surface area contributed by atoms with Crippen molar-refractivity contribution in [3.05, 3.63) is 63.6 Å². The molecule has 2 aromatic carbocycles. The Morgan fingerprint density at radius 1 is 1.14 bits per heavy atom. The van der Waals surface area contributed by atoms with Gasteiger partial charge in [-0.05, 0) is 45.8 Å². The third-order valence-electron chi connectivity index (χ3n) is 4.14. The summed E-state index contributed by atoms with van der Waals surface area (Å²) >= 11 is 13.3. The first kappa shape index (κ1) is 21.4. The van der Waals surface area contributed by atoms with Crippen molar-refractivity contribution in [3.63, 3.8) is 0 Å². The fraction of sp³-hybridized carbons (Fsp3) is 0.263. The van der Waals surface area contributed by atoms with Gasteiger partial charge >= 0.3 is 0 Å². The van der Waals surface area contributed by atoms with Gasteiger partial charge in [0.2, 0.25) is 11.1 Å². The molecule has 0 N–H and O–H groups in total. The van der Waals surface area contributed by atoms with Gasteiger partial charge in [0.15, 0.2) is 0 Å². The SMILES string of the molecule is COc1ccc(Cn2nnnc2SCC(=O)N(C)Cc2ccc(Cl)c(Cl)c2)cc1. The van der Waals surface area contributed by atoms with Crippen LogP contribution in [0.5, 0.6) is 5.75 Å². The zero-order valence-corrected chi connectivity index (χ0v) is 18.2. The zero-order valence-electron chi connectivity index (χ0n) is 15.9. The van der Waals surface area contributed by atoms with Crippen LogP contribution in [0.15, 0.2) is 47.6 Å². The molecule has 152 valence electrons. The van der Waals surface area contributed by atoms with Crippen LogP contribution in [0.25, 0.3) is 0 Å². The lowest BCUT2D eigenvalue weighted by atomic mass is 10.2. The number of thioether (sulfide) groups is 1. The topological polar surface area (TPSA) is 73.1 Å². The lowest BCUT2D eigenvalue weighted by Crippen LogP contribution is -2.28. The lowest BCUT2D eigenvalue weighted by Gasteiger charge is -2.17. The highest BCUT2D eigenvalue weighted by Crippen LogP contribution is 2.23. The fourth-order valence-corrected chi connectivity index (χ4v) is 3.68. The Balaban J connectivity index is 1.56. The standard InChI is InChI=1S/C19H19Cl2N5O2S/c1-25(10-14-5-8-16(20)17(21)9-14)18(27)12-29-19-22-23-24-26(19)11-13-3-6-15(28-2)7-4-13/h3-9H,10-12H2,1-2H3. The number of methoxy groups -OCH3 is 1. The van der Waals surface area contributed by atoms with Gasteiger partial charge in [0, 0.05) is 13.6 Å². The number of amides is 1. The quantitative estimate of drug-likeness (QED) is 0.485. The van der Waals surface area contributed by atoms with Gasteiger partial charge in [0.1, 0.15) is 5.75 Å². The third kappa shape index (κ3) is 5.85. The number of nitrogens with zero attached hydrogens (tertiary/aromatic N) is 5. The first-order chi connectivity index (χ1) is 14.0. The summed E-state index contributed by atoms with van der Waals surface area (Å²) in [5, 5.41) is 13.3. The van der Waals surface area contributed by atoms with Gasteiger partial charge in [-0.3, -0.25) is 4.79 Å². The van der Waals surface area contributed by atoms with E-state index in [1.165, 1.54) is 11.8 Å². The van der Waals surface area contributed by atoms with Crippen LogP contribution in [0.1, 0.15) is 11.1 Å². The number of carbonyl (C=O) groups is 1. The molecule has 0 saturated carbocycles. The molecule has 0 atom stereocenters. The average molecular weight is 452 g/mol. The number of carbonyl (C=O) groups excluding carboxylic acids is 1. The zero-order chi connectivity index (χ0) is 20.8. The van der Waals surface area contributed by atoms with Crippen LogP contribution in [0.3, 0.4) is 0 Å². The van der Waals surface area contributed by atoms with Crippen LogP contribution in [0.4, 0.5) is 0 Å². The Bertz CT molecular complexity index is 981. The summed E-state index contributed by atoms with van der Waals surface area (Å²) < 4.78 is 6.83. The Morgan fingerprint density at radius 2 is 1.86 bits per heavy atom. The van der Waals surface area contributed by atoms with E-state index in [9.17, 15) is 4.79 Å². The molecule has 0 radical (unpaired) electrons. The molecule has 0 bridgehead atoms. The maximum absolute atomic E-state index is 12.5. The summed E-state index contributed by atoms with van der Waals surface area (Å²) in [7, 11) is 3.37. The number of aromatic nitrogens is 4. The van der Waals surface area contributed by atoms with Crippen LogP contribution in [-0.4, -0.2) is 50.9 Å². The molecule has 0 aliphatic heterocycles. The van der Waals surface area contributed by atoms with Crippen molar-refractivity contribution in [2.45, 2.75) is 18.2 Å². The van der Waals surface area contributed by atoms with Gasteiger partial charge in [-0.25, -0.2) is 4.68 Å². The minimum absolute atomic E-state index is 0.0416. The van der Waals surface area contributed by atoms with Crippen molar-refractivity contribution in [3.8, 4) is 5.75 Å². The highest BCUT2D eigenvalue weighted by atomic mass is 35.5. The van der Waals surface area contributed by atoms with Crippen molar-refractivity contribution < 1.29 is 9.53 Å². The molecule has 29 heavy (non-hydrogen) atoms. The summed E-state index contributed by atoms with van der Waals surface area (Å²) in [4.78, 5) is 14.1. The van der Waals surface area contributed by atoms with Crippen LogP contribution >= 0.6 is 35.0 Å². The average Bonchev–Trinajstić information content (AvgIpc) is 3.16. The van der Waals surface area contributed by atoms with Gasteiger partial charge in [-0.2, -0.15) is 0 Å². The molecule has 0 aliphatic carbocycles. The maximum Gasteiger partial charge on any atom is 0.233 e. The molecule has 1 amide bonds. The summed E-state index contributed by atoms with van der Waals surface area (Å²) in [6.45, 7) is 0.944. The molecular formula is C19H19Cl2N5O2S. The Morgan fingerprint density at radius 3 is 2.55 bits per heavy atom. The van der Waals surface area contributed by atoms with Gasteiger partial charge in [0.25, 0.3) is 0 Å². The molecule has 3 aromatic rings. The van der Waals surface area contributed by atoms with Crippen molar-refractivity contribution in [1.82, 2.24) is 25.1 Å². The van der Waals surface area contributed by atoms with E-state index in [-0.39, 0.29) is 11.7 Å². The highest BCUT2D eigenvalue weighted by Gasteiger charge is 2.14. The number of benzene rings is 2. The summed E-state index contributed by atoms with van der Waals surface area (Å²) in [5.74, 6) is 0.969. The molecule has 0 aliphatic rings. The van der Waals surface area contributed by atoms with Gasteiger partial charge in [-0.1, -0.05) is 53.2 Å². The summed E-state index contributed by atoms with van der Waals surface area (Å²) in [5.41, 5.74) is 1.94. The normalized spacial score (nSPS) is 10.8. The van der Waals surface area contributed by atoms with Crippen molar-refractivity contribution in [2.75, 3.05) is 19.9 Å². The van der Waals surface area contributed by atoms with Crippen LogP contribution < -0.4 is 4.74 Å². The van der Waals surface area contributed by atoms with Crippen LogP contribution in [-0.2, 0) is 17.9 Å². The Hall–Kier alpha value is -2.29. The maximum atomic E-state index is 12.5. The van der Waals surface area contributed by atoms with Crippen molar-refractivity contribution in [2.24, 2.45) is 0 Å². The third-order valence-corrected chi connectivity index (χ3v) is 5.83. The molecule has 3 rings (SSSR count). The molecule has 7 nitrogen and oxygen atoms in total. The van der Waals surface area contributed by atoms with Crippen LogP contribution in [0, 0.1) is 0 Å². The van der Waals surface area contributed by atoms with Gasteiger partial charge < -0.3 is 9.64 Å². The van der Waals surface area contributed by atoms with Crippen LogP contribution in [0.2, 0.25) is 10.0 Å². The van der Waals surface area contributed by atoms with Crippen molar-refractivity contribution >= 4 is 40.9 Å². The molecule has 0 spiro atoms. The lowest BCUT2D eigenvalue weighted by molar-refractivity contribution is -0.127. The van der Waals surface area contributed by atoms with Gasteiger partial charge in [-0.15, -0.1) is 5.10 Å². The minimum Gasteiger partial charge on any atom is -0.497 e. The Labute approximate surface area is 182 Å². The summed E-state index contributed by atoms with van der Waals surface area (Å²) in [6, 6.07) is 13.0. The smallest absolute Gasteiger partial charge is 0.233 e. The monoisotopic (exact) mass is 451 g/mol. The summed E-state index contributed by atoms with van der Waals surface area (Å²) in [6.07, 6.45) is 0. The minimum atomic E-state index is -0.0416. The largest absolute Gasteiger partial charge is 0.497 e. The Kier molecular flexibility index (Phi) is 7.35. The predicted octanol–water partition coefficient (Wildman–Crippen LogP) is 3.79. The van der Waals surface area contributed by atoms with E-state index in [0.717, 1.165) is 16.9 Å². The molecule has 0 saturated heterocycles. The second kappa shape index (κ2) is 9.96. The number of rotatable bonds is 8. The molecule has 0 fully saturated rings. The number of halogens is 2. The highest BCUT2D eigenvalue weighted by molar-refractivity contribution is 7.99. The molecule has 1 heterocycles. The van der Waals surface area contributed by atoms with E-state index in [1.54, 1.807) is 35.9 Å². The number of tetrazole rings is 1. The van der Waals surface area contributed by atoms with E-state index in [0.29, 0.717) is 28.3 Å². The van der Waals surface area contributed by atoms with Gasteiger partial charge in [0.05, 0.1) is 29.5 Å². The fourth-order valence-electron chi connectivity index (χ4n) is 2.54. The molecule has 10 heteroatoms.